The fourth-order valence-electron chi connectivity index (χ4n) is 8.64. The Morgan fingerprint density at radius 3 is 1.55 bits per heavy atom. The fraction of sp³-hybridized carbons (Fsp3) is 0.0196. The lowest BCUT2D eigenvalue weighted by Gasteiger charge is -2.18. The molecule has 0 N–H and O–H groups in total. The lowest BCUT2D eigenvalue weighted by molar-refractivity contribution is 1.18. The van der Waals surface area contributed by atoms with Gasteiger partial charge in [0.2, 0.25) is 0 Å². The average molecular weight is 692 g/mol. The number of thiophene rings is 1. The first-order valence-corrected chi connectivity index (χ1v) is 19.1. The molecule has 9 aromatic carbocycles. The Hall–Kier alpha value is -6.48. The van der Waals surface area contributed by atoms with Gasteiger partial charge in [0.15, 0.2) is 0 Å². The van der Waals surface area contributed by atoms with Gasteiger partial charge in [0, 0.05) is 36.6 Å². The van der Waals surface area contributed by atoms with Gasteiger partial charge in [-0.15, -0.1) is 11.3 Å². The summed E-state index contributed by atoms with van der Waals surface area (Å²) >= 11 is 1.89. The van der Waals surface area contributed by atoms with Crippen molar-refractivity contribution in [3.63, 3.8) is 0 Å². The molecule has 0 aliphatic carbocycles. The van der Waals surface area contributed by atoms with Gasteiger partial charge >= 0.3 is 0 Å². The van der Waals surface area contributed by atoms with Crippen LogP contribution in [-0.4, -0.2) is 4.57 Å². The van der Waals surface area contributed by atoms with Crippen LogP contribution in [0.15, 0.2) is 182 Å². The minimum Gasteiger partial charge on any atom is -0.309 e. The molecular formula is C51H33NS. The zero-order chi connectivity index (χ0) is 35.0. The van der Waals surface area contributed by atoms with Gasteiger partial charge in [-0.1, -0.05) is 151 Å². The first-order valence-electron chi connectivity index (χ1n) is 18.3. The molecule has 0 radical (unpaired) electrons. The van der Waals surface area contributed by atoms with Crippen LogP contribution in [-0.2, 0) is 0 Å². The first kappa shape index (κ1) is 30.2. The third-order valence-corrected chi connectivity index (χ3v) is 12.3. The van der Waals surface area contributed by atoms with Crippen molar-refractivity contribution >= 4 is 74.9 Å². The van der Waals surface area contributed by atoms with Gasteiger partial charge in [-0.05, 0) is 98.2 Å². The number of benzene rings is 9. The van der Waals surface area contributed by atoms with Crippen molar-refractivity contribution in [2.45, 2.75) is 6.92 Å². The molecule has 53 heavy (non-hydrogen) atoms. The highest BCUT2D eigenvalue weighted by molar-refractivity contribution is 7.26. The van der Waals surface area contributed by atoms with Gasteiger partial charge in [0.25, 0.3) is 0 Å². The standard InChI is InChI=1S/C51H33NS/c1-32-21-23-33(24-22-32)49-40-13-2-4-15-42(40)50(43-16-5-3-14-41(43)49)34-25-28-36(29-26-34)52-46-19-8-6-11-38(46)45-31-35(27-30-47(45)52)37-17-10-18-44-39-12-7-9-20-48(39)53-51(37)44/h2-31H,1H3. The molecule has 0 unspecified atom stereocenters. The van der Waals surface area contributed by atoms with Crippen LogP contribution in [0.4, 0.5) is 0 Å². The lowest BCUT2D eigenvalue weighted by atomic mass is 9.86. The summed E-state index contributed by atoms with van der Waals surface area (Å²) in [6.07, 6.45) is 0. The van der Waals surface area contributed by atoms with Crippen molar-refractivity contribution in [1.29, 1.82) is 0 Å². The maximum atomic E-state index is 2.43. The van der Waals surface area contributed by atoms with Crippen molar-refractivity contribution in [2.24, 2.45) is 0 Å². The smallest absolute Gasteiger partial charge is 0.0541 e. The molecule has 0 saturated heterocycles. The number of para-hydroxylation sites is 1. The van der Waals surface area contributed by atoms with Gasteiger partial charge in [0.1, 0.15) is 0 Å². The van der Waals surface area contributed by atoms with E-state index in [2.05, 4.69) is 193 Å². The second kappa shape index (κ2) is 11.8. The molecule has 0 saturated carbocycles. The van der Waals surface area contributed by atoms with Crippen molar-refractivity contribution in [3.05, 3.63) is 188 Å². The van der Waals surface area contributed by atoms with E-state index in [1.54, 1.807) is 0 Å². The van der Waals surface area contributed by atoms with E-state index in [0.717, 1.165) is 5.69 Å². The Bertz CT molecular complexity index is 3160. The Kier molecular flexibility index (Phi) is 6.71. The summed E-state index contributed by atoms with van der Waals surface area (Å²) in [7, 11) is 0. The number of rotatable bonds is 4. The molecule has 0 fully saturated rings. The Morgan fingerprint density at radius 2 is 0.887 bits per heavy atom. The minimum atomic E-state index is 1.16. The van der Waals surface area contributed by atoms with Crippen molar-refractivity contribution in [2.75, 3.05) is 0 Å². The predicted molar refractivity (Wildman–Crippen MR) is 230 cm³/mol. The maximum Gasteiger partial charge on any atom is 0.0541 e. The monoisotopic (exact) mass is 691 g/mol. The Balaban J connectivity index is 1.07. The Morgan fingerprint density at radius 1 is 0.377 bits per heavy atom. The predicted octanol–water partition coefficient (Wildman–Crippen LogP) is 14.8. The molecule has 2 heterocycles. The summed E-state index contributed by atoms with van der Waals surface area (Å²) in [5, 5.41) is 10.3. The third kappa shape index (κ3) is 4.63. The summed E-state index contributed by atoms with van der Waals surface area (Å²) in [4.78, 5) is 0. The van der Waals surface area contributed by atoms with Gasteiger partial charge in [0.05, 0.1) is 11.0 Å². The third-order valence-electron chi connectivity index (χ3n) is 11.1. The molecule has 0 bridgehead atoms. The van der Waals surface area contributed by atoms with Crippen LogP contribution < -0.4 is 0 Å². The summed E-state index contributed by atoms with van der Waals surface area (Å²) in [6.45, 7) is 2.15. The van der Waals surface area contributed by atoms with Crippen LogP contribution in [0, 0.1) is 6.92 Å². The van der Waals surface area contributed by atoms with E-state index in [1.807, 2.05) is 11.3 Å². The molecule has 2 heteroatoms. The lowest BCUT2D eigenvalue weighted by Crippen LogP contribution is -1.94. The minimum absolute atomic E-state index is 1.16. The van der Waals surface area contributed by atoms with Crippen LogP contribution in [0.5, 0.6) is 0 Å². The molecule has 0 aliphatic heterocycles. The average Bonchev–Trinajstić information content (AvgIpc) is 3.76. The number of fused-ring (bicyclic) bond motifs is 8. The van der Waals surface area contributed by atoms with Gasteiger partial charge in [-0.25, -0.2) is 0 Å². The van der Waals surface area contributed by atoms with E-state index >= 15 is 0 Å². The topological polar surface area (TPSA) is 4.93 Å². The van der Waals surface area contributed by atoms with Gasteiger partial charge in [-0.2, -0.15) is 0 Å². The molecule has 11 rings (SSSR count). The molecule has 0 atom stereocenters. The molecule has 0 aliphatic rings. The Labute approximate surface area is 311 Å². The summed E-state index contributed by atoms with van der Waals surface area (Å²) in [5.41, 5.74) is 12.4. The highest BCUT2D eigenvalue weighted by Gasteiger charge is 2.18. The molecule has 0 amide bonds. The number of hydrogen-bond acceptors (Lipinski definition) is 1. The number of hydrogen-bond donors (Lipinski definition) is 0. The van der Waals surface area contributed by atoms with Crippen LogP contribution in [0.25, 0.3) is 103 Å². The van der Waals surface area contributed by atoms with E-state index in [-0.39, 0.29) is 0 Å². The van der Waals surface area contributed by atoms with E-state index in [0.29, 0.717) is 0 Å². The highest BCUT2D eigenvalue weighted by atomic mass is 32.1. The van der Waals surface area contributed by atoms with Crippen LogP contribution in [0.3, 0.4) is 0 Å². The van der Waals surface area contributed by atoms with Crippen LogP contribution in [0.2, 0.25) is 0 Å². The molecule has 1 nitrogen and oxygen atoms in total. The summed E-state index contributed by atoms with van der Waals surface area (Å²) < 4.78 is 5.10. The zero-order valence-electron chi connectivity index (χ0n) is 29.2. The first-order chi connectivity index (χ1) is 26.2. The van der Waals surface area contributed by atoms with Crippen molar-refractivity contribution in [1.82, 2.24) is 4.57 Å². The molecule has 0 spiro atoms. The summed E-state index contributed by atoms with van der Waals surface area (Å²) in [5.74, 6) is 0. The molecule has 11 aromatic rings. The second-order valence-electron chi connectivity index (χ2n) is 14.1. The van der Waals surface area contributed by atoms with Gasteiger partial charge < -0.3 is 4.57 Å². The number of aryl methyl sites for hydroxylation is 1. The maximum absolute atomic E-state index is 2.43. The fourth-order valence-corrected chi connectivity index (χ4v) is 9.88. The molecule has 248 valence electrons. The summed E-state index contributed by atoms with van der Waals surface area (Å²) in [6, 6.07) is 67.3. The molecule has 2 aromatic heterocycles. The van der Waals surface area contributed by atoms with Crippen molar-refractivity contribution < 1.29 is 0 Å². The normalized spacial score (nSPS) is 11.9. The number of aromatic nitrogens is 1. The van der Waals surface area contributed by atoms with E-state index in [4.69, 9.17) is 0 Å². The largest absolute Gasteiger partial charge is 0.309 e. The second-order valence-corrected chi connectivity index (χ2v) is 15.2. The van der Waals surface area contributed by atoms with Crippen LogP contribution in [0.1, 0.15) is 5.56 Å². The quantitative estimate of drug-likeness (QED) is 0.162. The van der Waals surface area contributed by atoms with Gasteiger partial charge in [-0.3, -0.25) is 0 Å². The van der Waals surface area contributed by atoms with Crippen LogP contribution >= 0.6 is 11.3 Å². The van der Waals surface area contributed by atoms with E-state index in [1.165, 1.54) is 102 Å². The molecular weight excluding hydrogens is 659 g/mol. The SMILES string of the molecule is Cc1ccc(-c2c3ccccc3c(-c3ccc(-n4c5ccccc5c5cc(-c6cccc7c6sc6ccccc67)ccc54)cc3)c3ccccc23)cc1. The number of nitrogens with zero attached hydrogens (tertiary/aromatic N) is 1. The van der Waals surface area contributed by atoms with E-state index < -0.39 is 0 Å². The zero-order valence-corrected chi connectivity index (χ0v) is 30.0. The van der Waals surface area contributed by atoms with E-state index in [9.17, 15) is 0 Å². The highest BCUT2D eigenvalue weighted by Crippen LogP contribution is 2.45. The van der Waals surface area contributed by atoms with Crippen molar-refractivity contribution in [3.8, 4) is 39.1 Å².